The van der Waals surface area contributed by atoms with Crippen LogP contribution in [-0.2, 0) is 11.3 Å². The first-order chi connectivity index (χ1) is 9.33. The number of methoxy groups -OCH3 is 1. The van der Waals surface area contributed by atoms with Crippen molar-refractivity contribution in [2.24, 2.45) is 5.92 Å². The molecular formula is C15H23NO3. The first-order valence-corrected chi connectivity index (χ1v) is 6.85. The Morgan fingerprint density at radius 3 is 2.74 bits per heavy atom. The van der Waals surface area contributed by atoms with Crippen molar-refractivity contribution in [2.45, 2.75) is 19.4 Å². The monoisotopic (exact) mass is 265 g/mol. The Labute approximate surface area is 115 Å². The summed E-state index contributed by atoms with van der Waals surface area (Å²) in [7, 11) is 3.61. The molecule has 4 nitrogen and oxygen atoms in total. The van der Waals surface area contributed by atoms with Gasteiger partial charge in [-0.15, -0.1) is 0 Å². The Kier molecular flexibility index (Phi) is 5.48. The summed E-state index contributed by atoms with van der Waals surface area (Å²) in [5.74, 6) is 2.22. The minimum atomic E-state index is 0.589. The van der Waals surface area contributed by atoms with Crippen LogP contribution in [0.3, 0.4) is 0 Å². The topological polar surface area (TPSA) is 39.7 Å². The van der Waals surface area contributed by atoms with E-state index in [0.717, 1.165) is 50.7 Å². The van der Waals surface area contributed by atoms with E-state index in [1.807, 2.05) is 13.1 Å². The van der Waals surface area contributed by atoms with Crippen molar-refractivity contribution in [3.63, 3.8) is 0 Å². The maximum absolute atomic E-state index is 5.95. The molecule has 1 aromatic carbocycles. The molecular weight excluding hydrogens is 242 g/mol. The average molecular weight is 265 g/mol. The van der Waals surface area contributed by atoms with E-state index >= 15 is 0 Å². The summed E-state index contributed by atoms with van der Waals surface area (Å²) in [6.45, 7) is 3.27. The zero-order chi connectivity index (χ0) is 13.5. The van der Waals surface area contributed by atoms with E-state index in [1.54, 1.807) is 7.11 Å². The molecule has 19 heavy (non-hydrogen) atoms. The van der Waals surface area contributed by atoms with E-state index in [-0.39, 0.29) is 0 Å². The van der Waals surface area contributed by atoms with Gasteiger partial charge < -0.3 is 19.5 Å². The summed E-state index contributed by atoms with van der Waals surface area (Å²) in [6, 6.07) is 6.07. The lowest BCUT2D eigenvalue weighted by Gasteiger charge is -2.22. The summed E-state index contributed by atoms with van der Waals surface area (Å²) in [6.07, 6.45) is 2.16. The Morgan fingerprint density at radius 1 is 1.26 bits per heavy atom. The Hall–Kier alpha value is -1.26. The molecule has 0 atom stereocenters. The van der Waals surface area contributed by atoms with E-state index < -0.39 is 0 Å². The Bertz CT molecular complexity index is 389. The highest BCUT2D eigenvalue weighted by Gasteiger charge is 2.15. The molecule has 1 aromatic rings. The van der Waals surface area contributed by atoms with Gasteiger partial charge in [0.05, 0.1) is 13.7 Å². The van der Waals surface area contributed by atoms with Gasteiger partial charge in [-0.2, -0.15) is 0 Å². The molecule has 0 radical (unpaired) electrons. The molecule has 1 fully saturated rings. The number of nitrogens with one attached hydrogen (secondary N) is 1. The van der Waals surface area contributed by atoms with Crippen LogP contribution in [0.1, 0.15) is 18.4 Å². The molecule has 0 aliphatic carbocycles. The van der Waals surface area contributed by atoms with Gasteiger partial charge in [-0.1, -0.05) is 6.07 Å². The molecule has 0 saturated carbocycles. The molecule has 106 valence electrons. The maximum atomic E-state index is 5.95. The predicted molar refractivity (Wildman–Crippen MR) is 74.8 cm³/mol. The number of hydrogen-bond donors (Lipinski definition) is 1. The van der Waals surface area contributed by atoms with E-state index in [2.05, 4.69) is 17.4 Å². The maximum Gasteiger partial charge on any atom is 0.161 e. The first-order valence-electron chi connectivity index (χ1n) is 6.85. The highest BCUT2D eigenvalue weighted by molar-refractivity contribution is 5.42. The molecule has 1 heterocycles. The lowest BCUT2D eigenvalue weighted by molar-refractivity contribution is 0.0493. The molecule has 0 aromatic heterocycles. The number of ether oxygens (including phenoxy) is 3. The van der Waals surface area contributed by atoms with E-state index in [0.29, 0.717) is 5.92 Å². The van der Waals surface area contributed by atoms with Gasteiger partial charge in [0.15, 0.2) is 11.5 Å². The molecule has 0 bridgehead atoms. The number of rotatable bonds is 6. The summed E-state index contributed by atoms with van der Waals surface area (Å²) < 4.78 is 16.7. The van der Waals surface area contributed by atoms with Crippen LogP contribution in [0.2, 0.25) is 0 Å². The van der Waals surface area contributed by atoms with Crippen LogP contribution in [0.15, 0.2) is 18.2 Å². The smallest absolute Gasteiger partial charge is 0.161 e. The summed E-state index contributed by atoms with van der Waals surface area (Å²) in [4.78, 5) is 0. The van der Waals surface area contributed by atoms with E-state index in [4.69, 9.17) is 14.2 Å². The summed E-state index contributed by atoms with van der Waals surface area (Å²) >= 11 is 0. The zero-order valence-electron chi connectivity index (χ0n) is 11.8. The Balaban J connectivity index is 1.97. The molecule has 1 aliphatic rings. The Morgan fingerprint density at radius 2 is 2.05 bits per heavy atom. The van der Waals surface area contributed by atoms with Gasteiger partial charge in [-0.25, -0.2) is 0 Å². The van der Waals surface area contributed by atoms with Gasteiger partial charge in [0, 0.05) is 19.8 Å². The van der Waals surface area contributed by atoms with Crippen LogP contribution in [0.25, 0.3) is 0 Å². The molecule has 1 aliphatic heterocycles. The molecule has 0 unspecified atom stereocenters. The van der Waals surface area contributed by atoms with Crippen molar-refractivity contribution < 1.29 is 14.2 Å². The number of hydrogen-bond acceptors (Lipinski definition) is 4. The molecule has 4 heteroatoms. The lowest BCUT2D eigenvalue weighted by Crippen LogP contribution is -2.21. The second-order valence-electron chi connectivity index (χ2n) is 4.88. The van der Waals surface area contributed by atoms with Crippen LogP contribution < -0.4 is 14.8 Å². The fourth-order valence-corrected chi connectivity index (χ4v) is 2.27. The van der Waals surface area contributed by atoms with Crippen molar-refractivity contribution in [1.29, 1.82) is 0 Å². The highest BCUT2D eigenvalue weighted by Crippen LogP contribution is 2.29. The third-order valence-electron chi connectivity index (χ3n) is 3.42. The van der Waals surface area contributed by atoms with Gasteiger partial charge in [-0.05, 0) is 43.5 Å². The standard InChI is InChI=1S/C15H23NO3/c1-16-10-13-3-4-14(17-2)15(9-13)19-11-12-5-7-18-8-6-12/h3-4,9,12,16H,5-8,10-11H2,1-2H3. The fourth-order valence-electron chi connectivity index (χ4n) is 2.27. The van der Waals surface area contributed by atoms with Gasteiger partial charge in [0.1, 0.15) is 0 Å². The second-order valence-corrected chi connectivity index (χ2v) is 4.88. The van der Waals surface area contributed by atoms with Gasteiger partial charge in [0.25, 0.3) is 0 Å². The normalized spacial score (nSPS) is 16.3. The van der Waals surface area contributed by atoms with Crippen LogP contribution in [0, 0.1) is 5.92 Å². The molecule has 1 saturated heterocycles. The largest absolute Gasteiger partial charge is 0.493 e. The lowest BCUT2D eigenvalue weighted by atomic mass is 10.0. The zero-order valence-corrected chi connectivity index (χ0v) is 11.8. The van der Waals surface area contributed by atoms with Crippen LogP contribution in [0.5, 0.6) is 11.5 Å². The minimum absolute atomic E-state index is 0.589. The van der Waals surface area contributed by atoms with Crippen LogP contribution in [0.4, 0.5) is 0 Å². The molecule has 0 spiro atoms. The minimum Gasteiger partial charge on any atom is -0.493 e. The van der Waals surface area contributed by atoms with Gasteiger partial charge >= 0.3 is 0 Å². The van der Waals surface area contributed by atoms with Crippen LogP contribution in [-0.4, -0.2) is 34.0 Å². The third kappa shape index (κ3) is 4.11. The van der Waals surface area contributed by atoms with E-state index in [1.165, 1.54) is 5.56 Å². The van der Waals surface area contributed by atoms with Crippen molar-refractivity contribution in [1.82, 2.24) is 5.32 Å². The van der Waals surface area contributed by atoms with Gasteiger partial charge in [-0.3, -0.25) is 0 Å². The second kappa shape index (κ2) is 7.36. The summed E-state index contributed by atoms with van der Waals surface area (Å²) in [5, 5.41) is 3.14. The fraction of sp³-hybridized carbons (Fsp3) is 0.600. The molecule has 1 N–H and O–H groups in total. The van der Waals surface area contributed by atoms with Crippen molar-refractivity contribution >= 4 is 0 Å². The van der Waals surface area contributed by atoms with Crippen molar-refractivity contribution in [3.8, 4) is 11.5 Å². The van der Waals surface area contributed by atoms with Gasteiger partial charge in [0.2, 0.25) is 0 Å². The third-order valence-corrected chi connectivity index (χ3v) is 3.42. The summed E-state index contributed by atoms with van der Waals surface area (Å²) in [5.41, 5.74) is 1.20. The van der Waals surface area contributed by atoms with E-state index in [9.17, 15) is 0 Å². The predicted octanol–water partition coefficient (Wildman–Crippen LogP) is 2.22. The average Bonchev–Trinajstić information content (AvgIpc) is 2.47. The molecule has 0 amide bonds. The quantitative estimate of drug-likeness (QED) is 0.856. The highest BCUT2D eigenvalue weighted by atomic mass is 16.5. The van der Waals surface area contributed by atoms with Crippen LogP contribution >= 0.6 is 0 Å². The van der Waals surface area contributed by atoms with Crippen molar-refractivity contribution in [2.75, 3.05) is 34.0 Å². The number of benzene rings is 1. The SMILES string of the molecule is CNCc1ccc(OC)c(OCC2CCOCC2)c1. The first kappa shape index (κ1) is 14.2. The van der Waals surface area contributed by atoms with Crippen molar-refractivity contribution in [3.05, 3.63) is 23.8 Å². The molecule has 2 rings (SSSR count).